The Labute approximate surface area is 206 Å². The first-order valence-electron chi connectivity index (χ1n) is 10.0. The van der Waals surface area contributed by atoms with E-state index in [-0.39, 0.29) is 18.5 Å². The van der Waals surface area contributed by atoms with Crippen LogP contribution in [0.3, 0.4) is 0 Å². The Morgan fingerprint density at radius 3 is 2.09 bits per heavy atom. The summed E-state index contributed by atoms with van der Waals surface area (Å²) in [7, 11) is 0. The van der Waals surface area contributed by atoms with Crippen LogP contribution in [0.4, 0.5) is 31.1 Å². The highest BCUT2D eigenvalue weighted by Gasteiger charge is 2.37. The third-order valence-corrected chi connectivity index (χ3v) is 5.69. The van der Waals surface area contributed by atoms with Gasteiger partial charge in [-0.1, -0.05) is 41.4 Å². The molecule has 1 aromatic heterocycles. The third kappa shape index (κ3) is 6.79. The van der Waals surface area contributed by atoms with Crippen molar-refractivity contribution in [3.05, 3.63) is 98.8 Å². The summed E-state index contributed by atoms with van der Waals surface area (Å²) in [6, 6.07) is 7.80. The van der Waals surface area contributed by atoms with Crippen molar-refractivity contribution in [2.75, 3.05) is 6.54 Å². The second-order valence-corrected chi connectivity index (χ2v) is 8.15. The van der Waals surface area contributed by atoms with Crippen LogP contribution in [0.1, 0.15) is 34.0 Å². The molecular weight excluding hydrogens is 519 g/mol. The lowest BCUT2D eigenvalue weighted by Gasteiger charge is -2.23. The summed E-state index contributed by atoms with van der Waals surface area (Å²) in [4.78, 5) is 16.3. The quantitative estimate of drug-likeness (QED) is 0.332. The average Bonchev–Trinajstić information content (AvgIpc) is 2.78. The van der Waals surface area contributed by atoms with Crippen molar-refractivity contribution in [3.8, 4) is 0 Å². The van der Waals surface area contributed by atoms with Crippen molar-refractivity contribution in [1.82, 2.24) is 15.6 Å². The summed E-state index contributed by atoms with van der Waals surface area (Å²) >= 11 is 12.2. The average molecular weight is 536 g/mol. The normalized spacial score (nSPS) is 12.8. The molecule has 35 heavy (non-hydrogen) atoms. The Balaban J connectivity index is 1.86. The van der Waals surface area contributed by atoms with E-state index in [9.17, 15) is 31.1 Å². The van der Waals surface area contributed by atoms with Crippen LogP contribution in [-0.2, 0) is 18.8 Å². The smallest absolute Gasteiger partial charge is 0.338 e. The molecule has 0 radical (unpaired) electrons. The largest absolute Gasteiger partial charge is 0.418 e. The molecule has 186 valence electrons. The van der Waals surface area contributed by atoms with Gasteiger partial charge in [0.1, 0.15) is 0 Å². The van der Waals surface area contributed by atoms with Gasteiger partial charge in [0.15, 0.2) is 0 Å². The first kappa shape index (κ1) is 26.6. The highest BCUT2D eigenvalue weighted by molar-refractivity contribution is 6.36. The molecule has 2 amide bonds. The SMILES string of the molecule is O=C(NCCc1c(Cl)cccc1Cl)N[C@@H](c1ccc(C(F)(F)F)cc1)c1ncccc1C(F)(F)F. The van der Waals surface area contributed by atoms with Gasteiger partial charge >= 0.3 is 18.4 Å². The minimum atomic E-state index is -4.81. The zero-order valence-corrected chi connectivity index (χ0v) is 19.2. The number of carbonyl (C=O) groups is 1. The topological polar surface area (TPSA) is 54.0 Å². The molecule has 0 aliphatic heterocycles. The number of nitrogens with zero attached hydrogens (tertiary/aromatic N) is 1. The number of nitrogens with one attached hydrogen (secondary N) is 2. The minimum Gasteiger partial charge on any atom is -0.338 e. The molecule has 0 bridgehead atoms. The van der Waals surface area contributed by atoms with E-state index in [0.717, 1.165) is 42.6 Å². The molecule has 1 atom stereocenters. The standard InChI is InChI=1S/C23H17Cl2F6N3O/c24-17-4-1-5-18(25)15(17)10-12-33-21(35)34-19(13-6-8-14(9-7-13)22(26,27)28)20-16(23(29,30)31)3-2-11-32-20/h1-9,11,19H,10,12H2,(H2,33,34,35)/t19-/m0/s1. The van der Waals surface area contributed by atoms with Crippen molar-refractivity contribution in [1.29, 1.82) is 0 Å². The lowest BCUT2D eigenvalue weighted by atomic mass is 9.98. The van der Waals surface area contributed by atoms with Crippen LogP contribution >= 0.6 is 23.2 Å². The Morgan fingerprint density at radius 1 is 0.886 bits per heavy atom. The summed E-state index contributed by atoms with van der Waals surface area (Å²) in [6.45, 7) is 0.0311. The van der Waals surface area contributed by atoms with Crippen molar-refractivity contribution in [2.24, 2.45) is 0 Å². The molecule has 2 N–H and O–H groups in total. The highest BCUT2D eigenvalue weighted by atomic mass is 35.5. The Bertz CT molecular complexity index is 1160. The molecule has 0 fully saturated rings. The van der Waals surface area contributed by atoms with Crippen molar-refractivity contribution < 1.29 is 31.1 Å². The minimum absolute atomic E-state index is 0.0218. The molecule has 12 heteroatoms. The number of alkyl halides is 6. The van der Waals surface area contributed by atoms with Crippen molar-refractivity contribution >= 4 is 29.2 Å². The van der Waals surface area contributed by atoms with E-state index >= 15 is 0 Å². The maximum Gasteiger partial charge on any atom is 0.418 e. The third-order valence-electron chi connectivity index (χ3n) is 4.99. The Morgan fingerprint density at radius 2 is 1.51 bits per heavy atom. The fourth-order valence-corrected chi connectivity index (χ4v) is 3.90. The maximum absolute atomic E-state index is 13.6. The number of carbonyl (C=O) groups excluding carboxylic acids is 1. The van der Waals surface area contributed by atoms with Crippen molar-refractivity contribution in [3.63, 3.8) is 0 Å². The van der Waals surface area contributed by atoms with Gasteiger partial charge in [-0.05, 0) is 53.9 Å². The first-order chi connectivity index (χ1) is 16.4. The van der Waals surface area contributed by atoms with Gasteiger partial charge in [0.25, 0.3) is 0 Å². The molecule has 0 saturated carbocycles. The van der Waals surface area contributed by atoms with Crippen LogP contribution in [-0.4, -0.2) is 17.6 Å². The second-order valence-electron chi connectivity index (χ2n) is 7.34. The first-order valence-corrected chi connectivity index (χ1v) is 10.8. The molecule has 0 spiro atoms. The van der Waals surface area contributed by atoms with Gasteiger partial charge in [-0.2, -0.15) is 26.3 Å². The van der Waals surface area contributed by atoms with Crippen LogP contribution < -0.4 is 10.6 Å². The number of rotatable bonds is 6. The number of urea groups is 1. The fraction of sp³-hybridized carbons (Fsp3) is 0.217. The number of hydrogen-bond donors (Lipinski definition) is 2. The van der Waals surface area contributed by atoms with Gasteiger partial charge < -0.3 is 10.6 Å². The second kappa shape index (κ2) is 10.7. The summed E-state index contributed by atoms with van der Waals surface area (Å²) < 4.78 is 79.7. The molecule has 0 unspecified atom stereocenters. The van der Waals surface area contributed by atoms with Crippen LogP contribution in [0.15, 0.2) is 60.8 Å². The molecule has 1 heterocycles. The van der Waals surface area contributed by atoms with E-state index in [1.54, 1.807) is 18.2 Å². The van der Waals surface area contributed by atoms with Crippen molar-refractivity contribution in [2.45, 2.75) is 24.8 Å². The zero-order chi connectivity index (χ0) is 25.8. The molecule has 4 nitrogen and oxygen atoms in total. The van der Waals surface area contributed by atoms with E-state index in [2.05, 4.69) is 15.6 Å². The molecule has 0 saturated heterocycles. The van der Waals surface area contributed by atoms with Crippen LogP contribution in [0.2, 0.25) is 10.0 Å². The van der Waals surface area contributed by atoms with E-state index < -0.39 is 41.2 Å². The number of benzene rings is 2. The van der Waals surface area contributed by atoms with Crippen LogP contribution in [0.5, 0.6) is 0 Å². The van der Waals surface area contributed by atoms with Gasteiger partial charge in [-0.3, -0.25) is 4.98 Å². The lowest BCUT2D eigenvalue weighted by molar-refractivity contribution is -0.139. The number of amides is 2. The van der Waals surface area contributed by atoms with E-state index in [1.807, 2.05) is 0 Å². The Kier molecular flexibility index (Phi) is 8.17. The lowest BCUT2D eigenvalue weighted by Crippen LogP contribution is -2.40. The summed E-state index contributed by atoms with van der Waals surface area (Å²) in [5.74, 6) is 0. The predicted octanol–water partition coefficient (Wildman–Crippen LogP) is 7.06. The van der Waals surface area contributed by atoms with E-state index in [1.165, 1.54) is 0 Å². The number of aromatic nitrogens is 1. The van der Waals surface area contributed by atoms with Gasteiger partial charge in [-0.25, -0.2) is 4.79 Å². The highest BCUT2D eigenvalue weighted by Crippen LogP contribution is 2.36. The molecular formula is C23H17Cl2F6N3O. The van der Waals surface area contributed by atoms with Crippen LogP contribution in [0, 0.1) is 0 Å². The van der Waals surface area contributed by atoms with Crippen LogP contribution in [0.25, 0.3) is 0 Å². The summed E-state index contributed by atoms with van der Waals surface area (Å²) in [6.07, 6.45) is -8.12. The number of pyridine rings is 1. The Hall–Kier alpha value is -2.98. The monoisotopic (exact) mass is 535 g/mol. The molecule has 3 rings (SSSR count). The fourth-order valence-electron chi connectivity index (χ4n) is 3.32. The van der Waals surface area contributed by atoms with E-state index in [4.69, 9.17) is 23.2 Å². The predicted molar refractivity (Wildman–Crippen MR) is 119 cm³/mol. The number of halogens is 8. The maximum atomic E-state index is 13.6. The summed E-state index contributed by atoms with van der Waals surface area (Å²) in [5.41, 5.74) is -2.14. The van der Waals surface area contributed by atoms with Gasteiger partial charge in [0.2, 0.25) is 0 Å². The van der Waals surface area contributed by atoms with E-state index in [0.29, 0.717) is 15.6 Å². The molecule has 0 aliphatic carbocycles. The van der Waals surface area contributed by atoms with Gasteiger partial charge in [0.05, 0.1) is 22.9 Å². The zero-order valence-electron chi connectivity index (χ0n) is 17.6. The van der Waals surface area contributed by atoms with Gasteiger partial charge in [0, 0.05) is 22.8 Å². The van der Waals surface area contributed by atoms with Gasteiger partial charge in [-0.15, -0.1) is 0 Å². The molecule has 2 aromatic carbocycles. The molecule has 3 aromatic rings. The number of hydrogen-bond acceptors (Lipinski definition) is 2. The molecule has 0 aliphatic rings. The summed E-state index contributed by atoms with van der Waals surface area (Å²) in [5, 5.41) is 5.63.